The van der Waals surface area contributed by atoms with E-state index < -0.39 is 0 Å². The monoisotopic (exact) mass is 307 g/mol. The number of rotatable bonds is 7. The van der Waals surface area contributed by atoms with E-state index in [9.17, 15) is 0 Å². The predicted octanol–water partition coefficient (Wildman–Crippen LogP) is 2.71. The molecule has 0 aliphatic carbocycles. The maximum absolute atomic E-state index is 6.45. The molecular formula is C15H22ClN5. The van der Waals surface area contributed by atoms with E-state index in [1.807, 2.05) is 24.1 Å². The van der Waals surface area contributed by atoms with Crippen LogP contribution in [-0.4, -0.2) is 26.3 Å². The van der Waals surface area contributed by atoms with E-state index in [1.54, 1.807) is 6.33 Å². The quantitative estimate of drug-likeness (QED) is 0.854. The third kappa shape index (κ3) is 3.80. The third-order valence-electron chi connectivity index (χ3n) is 3.52. The van der Waals surface area contributed by atoms with Crippen LogP contribution in [0.5, 0.6) is 0 Å². The highest BCUT2D eigenvalue weighted by atomic mass is 35.5. The van der Waals surface area contributed by atoms with Gasteiger partial charge in [0.1, 0.15) is 6.33 Å². The topological polar surface area (TPSA) is 55.6 Å². The fraction of sp³-hybridized carbons (Fsp3) is 0.533. The van der Waals surface area contributed by atoms with Crippen molar-refractivity contribution in [1.82, 2.24) is 25.1 Å². The normalized spacial score (nSPS) is 12.6. The molecule has 0 saturated carbocycles. The average molecular weight is 308 g/mol. The largest absolute Gasteiger partial charge is 0.310 e. The predicted molar refractivity (Wildman–Crippen MR) is 84.4 cm³/mol. The molecule has 21 heavy (non-hydrogen) atoms. The van der Waals surface area contributed by atoms with Gasteiger partial charge in [-0.1, -0.05) is 25.4 Å². The Kier molecular flexibility index (Phi) is 5.70. The molecular weight excluding hydrogens is 286 g/mol. The van der Waals surface area contributed by atoms with Gasteiger partial charge in [-0.05, 0) is 19.4 Å². The minimum absolute atomic E-state index is 0.142. The van der Waals surface area contributed by atoms with Crippen LogP contribution < -0.4 is 5.32 Å². The van der Waals surface area contributed by atoms with Crippen molar-refractivity contribution in [2.75, 3.05) is 6.54 Å². The molecule has 0 aliphatic rings. The van der Waals surface area contributed by atoms with Gasteiger partial charge in [0.05, 0.1) is 16.4 Å². The summed E-state index contributed by atoms with van der Waals surface area (Å²) in [6.07, 6.45) is 7.94. The molecule has 6 heteroatoms. The van der Waals surface area contributed by atoms with Crippen molar-refractivity contribution in [3.05, 3.63) is 40.7 Å². The molecule has 1 unspecified atom stereocenters. The highest BCUT2D eigenvalue weighted by Gasteiger charge is 2.19. The zero-order valence-electron chi connectivity index (χ0n) is 12.8. The lowest BCUT2D eigenvalue weighted by Crippen LogP contribution is -2.25. The molecule has 0 aliphatic heterocycles. The molecule has 0 fully saturated rings. The summed E-state index contributed by atoms with van der Waals surface area (Å²) in [6.45, 7) is 5.16. The van der Waals surface area contributed by atoms with E-state index in [2.05, 4.69) is 34.2 Å². The smallest absolute Gasteiger partial charge is 0.115 e. The van der Waals surface area contributed by atoms with E-state index in [0.29, 0.717) is 0 Å². The summed E-state index contributed by atoms with van der Waals surface area (Å²) >= 11 is 6.45. The van der Waals surface area contributed by atoms with Gasteiger partial charge in [-0.3, -0.25) is 4.68 Å². The van der Waals surface area contributed by atoms with Crippen LogP contribution in [-0.2, 0) is 19.9 Å². The Hall–Kier alpha value is -1.46. The van der Waals surface area contributed by atoms with Crippen LogP contribution in [0, 0.1) is 0 Å². The molecule has 0 aromatic carbocycles. The van der Waals surface area contributed by atoms with Crippen molar-refractivity contribution in [2.45, 2.75) is 39.2 Å². The van der Waals surface area contributed by atoms with Crippen molar-refractivity contribution >= 4 is 11.6 Å². The maximum Gasteiger partial charge on any atom is 0.115 e. The number of hydrogen-bond acceptors (Lipinski definition) is 4. The molecule has 1 atom stereocenters. The number of nitrogens with one attached hydrogen (secondary N) is 1. The van der Waals surface area contributed by atoms with Gasteiger partial charge in [0.2, 0.25) is 0 Å². The average Bonchev–Trinajstić information content (AvgIpc) is 2.79. The van der Waals surface area contributed by atoms with Gasteiger partial charge in [-0.25, -0.2) is 9.97 Å². The van der Waals surface area contributed by atoms with E-state index in [1.165, 1.54) is 0 Å². The Balaban J connectivity index is 2.25. The van der Waals surface area contributed by atoms with Gasteiger partial charge in [-0.2, -0.15) is 5.10 Å². The number of nitrogens with zero attached hydrogens (tertiary/aromatic N) is 4. The summed E-state index contributed by atoms with van der Waals surface area (Å²) in [4.78, 5) is 8.23. The molecule has 1 N–H and O–H groups in total. The first-order valence-corrected chi connectivity index (χ1v) is 7.73. The molecule has 5 nitrogen and oxygen atoms in total. The molecule has 0 saturated heterocycles. The van der Waals surface area contributed by atoms with Gasteiger partial charge in [0.15, 0.2) is 0 Å². The standard InChI is InChI=1S/C15H22ClN5/c1-4-6-19-13(11-8-17-10-18-9-11)7-14-15(16)12(5-2)20-21(14)3/h8-10,13,19H,4-7H2,1-3H3. The third-order valence-corrected chi connectivity index (χ3v) is 3.96. The first-order valence-electron chi connectivity index (χ1n) is 7.35. The van der Waals surface area contributed by atoms with Gasteiger partial charge >= 0.3 is 0 Å². The van der Waals surface area contributed by atoms with Crippen molar-refractivity contribution in [3.63, 3.8) is 0 Å². The SMILES string of the molecule is CCCNC(Cc1c(Cl)c(CC)nn1C)c1cncnc1. The van der Waals surface area contributed by atoms with Crippen molar-refractivity contribution in [2.24, 2.45) is 7.05 Å². The maximum atomic E-state index is 6.45. The summed E-state index contributed by atoms with van der Waals surface area (Å²) in [5.74, 6) is 0. The summed E-state index contributed by atoms with van der Waals surface area (Å²) in [7, 11) is 1.94. The Morgan fingerprint density at radius 3 is 2.57 bits per heavy atom. The van der Waals surface area contributed by atoms with Crippen molar-refractivity contribution in [1.29, 1.82) is 0 Å². The molecule has 0 amide bonds. The minimum atomic E-state index is 0.142. The molecule has 2 heterocycles. The van der Waals surface area contributed by atoms with Crippen LogP contribution in [0.1, 0.15) is 43.3 Å². The van der Waals surface area contributed by atoms with Crippen molar-refractivity contribution in [3.8, 4) is 0 Å². The Labute approximate surface area is 130 Å². The zero-order chi connectivity index (χ0) is 15.2. The molecule has 0 spiro atoms. The Bertz CT molecular complexity index is 567. The lowest BCUT2D eigenvalue weighted by Gasteiger charge is -2.18. The van der Waals surface area contributed by atoms with Crippen LogP contribution in [0.15, 0.2) is 18.7 Å². The van der Waals surface area contributed by atoms with Gasteiger partial charge in [0, 0.05) is 37.5 Å². The minimum Gasteiger partial charge on any atom is -0.310 e. The van der Waals surface area contributed by atoms with E-state index in [-0.39, 0.29) is 6.04 Å². The number of aromatic nitrogens is 4. The summed E-state index contributed by atoms with van der Waals surface area (Å²) in [5, 5.41) is 8.80. The lowest BCUT2D eigenvalue weighted by molar-refractivity contribution is 0.509. The van der Waals surface area contributed by atoms with Crippen molar-refractivity contribution < 1.29 is 0 Å². The first-order chi connectivity index (χ1) is 10.2. The highest BCUT2D eigenvalue weighted by Crippen LogP contribution is 2.26. The summed E-state index contributed by atoms with van der Waals surface area (Å²) in [6, 6.07) is 0.142. The van der Waals surface area contributed by atoms with Gasteiger partial charge < -0.3 is 5.32 Å². The number of hydrogen-bond donors (Lipinski definition) is 1. The molecule has 2 rings (SSSR count). The van der Waals surface area contributed by atoms with Gasteiger partial charge in [-0.15, -0.1) is 0 Å². The summed E-state index contributed by atoms with van der Waals surface area (Å²) in [5.41, 5.74) is 3.07. The lowest BCUT2D eigenvalue weighted by atomic mass is 10.0. The van der Waals surface area contributed by atoms with E-state index in [0.717, 1.165) is 47.8 Å². The van der Waals surface area contributed by atoms with E-state index in [4.69, 9.17) is 11.6 Å². The second-order valence-corrected chi connectivity index (χ2v) is 5.45. The van der Waals surface area contributed by atoms with Crippen LogP contribution in [0.4, 0.5) is 0 Å². The molecule has 114 valence electrons. The molecule has 2 aromatic rings. The van der Waals surface area contributed by atoms with Crippen LogP contribution in [0.25, 0.3) is 0 Å². The molecule has 2 aromatic heterocycles. The second kappa shape index (κ2) is 7.52. The summed E-state index contributed by atoms with van der Waals surface area (Å²) < 4.78 is 1.88. The molecule has 0 bridgehead atoms. The van der Waals surface area contributed by atoms with E-state index >= 15 is 0 Å². The van der Waals surface area contributed by atoms with Crippen LogP contribution in [0.3, 0.4) is 0 Å². The fourth-order valence-electron chi connectivity index (χ4n) is 2.35. The van der Waals surface area contributed by atoms with Crippen LogP contribution in [0.2, 0.25) is 5.02 Å². The first kappa shape index (κ1) is 15.9. The fourth-order valence-corrected chi connectivity index (χ4v) is 2.72. The number of aryl methyl sites for hydroxylation is 2. The number of halogens is 1. The van der Waals surface area contributed by atoms with Crippen LogP contribution >= 0.6 is 11.6 Å². The Morgan fingerprint density at radius 1 is 1.29 bits per heavy atom. The second-order valence-electron chi connectivity index (χ2n) is 5.07. The Morgan fingerprint density at radius 2 is 2.00 bits per heavy atom. The highest BCUT2D eigenvalue weighted by molar-refractivity contribution is 6.31. The van der Waals surface area contributed by atoms with Gasteiger partial charge in [0.25, 0.3) is 0 Å². The molecule has 0 radical (unpaired) electrons. The zero-order valence-corrected chi connectivity index (χ0v) is 13.6.